The molecule has 20 heavy (non-hydrogen) atoms. The van der Waals surface area contributed by atoms with Gasteiger partial charge >= 0.3 is 6.03 Å². The summed E-state index contributed by atoms with van der Waals surface area (Å²) in [6.45, 7) is 1.07. The molecule has 2 amide bonds. The summed E-state index contributed by atoms with van der Waals surface area (Å²) in [7, 11) is 0. The highest BCUT2D eigenvalue weighted by molar-refractivity contribution is 5.89. The molecule has 1 aromatic rings. The van der Waals surface area contributed by atoms with Crippen molar-refractivity contribution in [2.24, 2.45) is 11.8 Å². The first kappa shape index (κ1) is 13.3. The zero-order chi connectivity index (χ0) is 14.3. The Morgan fingerprint density at radius 1 is 1.30 bits per heavy atom. The number of amides is 2. The van der Waals surface area contributed by atoms with E-state index in [2.05, 4.69) is 5.32 Å². The first-order chi connectivity index (χ1) is 9.54. The number of likely N-dealkylation sites (tertiary alicyclic amines) is 1. The van der Waals surface area contributed by atoms with Crippen molar-refractivity contribution in [1.29, 1.82) is 0 Å². The summed E-state index contributed by atoms with van der Waals surface area (Å²) < 4.78 is 26.3. The van der Waals surface area contributed by atoms with Crippen LogP contribution in [0.5, 0.6) is 0 Å². The van der Waals surface area contributed by atoms with Crippen molar-refractivity contribution in [3.8, 4) is 0 Å². The Hall–Kier alpha value is -1.69. The molecule has 6 heteroatoms. The Kier molecular flexibility index (Phi) is 3.33. The molecule has 1 aromatic carbocycles. The number of benzene rings is 1. The zero-order valence-corrected chi connectivity index (χ0v) is 10.9. The molecule has 1 heterocycles. The number of halogens is 2. The Bertz CT molecular complexity index is 538. The number of fused-ring (bicyclic) bond motifs is 1. The maximum Gasteiger partial charge on any atom is 0.321 e. The fourth-order valence-corrected chi connectivity index (χ4v) is 3.19. The summed E-state index contributed by atoms with van der Waals surface area (Å²) >= 11 is 0. The van der Waals surface area contributed by atoms with Crippen LogP contribution in [0.3, 0.4) is 0 Å². The summed E-state index contributed by atoms with van der Waals surface area (Å²) in [5.41, 5.74) is -0.0333. The van der Waals surface area contributed by atoms with E-state index in [0.717, 1.165) is 25.0 Å². The maximum absolute atomic E-state index is 13.5. The van der Waals surface area contributed by atoms with Gasteiger partial charge in [0, 0.05) is 25.1 Å². The van der Waals surface area contributed by atoms with E-state index < -0.39 is 17.7 Å². The molecule has 0 bridgehead atoms. The third kappa shape index (κ3) is 2.35. The maximum atomic E-state index is 13.5. The summed E-state index contributed by atoms with van der Waals surface area (Å²) in [4.78, 5) is 13.6. The summed E-state index contributed by atoms with van der Waals surface area (Å²) in [5.74, 6) is -1.02. The number of carbonyl (C=O) groups excluding carboxylic acids is 1. The molecule has 2 fully saturated rings. The third-order valence-electron chi connectivity index (χ3n) is 4.28. The summed E-state index contributed by atoms with van der Waals surface area (Å²) in [5, 5.41) is 12.3. The number of aliphatic hydroxyl groups excluding tert-OH is 1. The van der Waals surface area contributed by atoms with Crippen molar-refractivity contribution < 1.29 is 18.7 Å². The number of hydrogen-bond acceptors (Lipinski definition) is 2. The highest BCUT2D eigenvalue weighted by atomic mass is 19.1. The van der Waals surface area contributed by atoms with Crippen LogP contribution in [0.25, 0.3) is 0 Å². The number of aliphatic hydroxyl groups is 1. The van der Waals surface area contributed by atoms with E-state index in [0.29, 0.717) is 19.0 Å². The fraction of sp³-hybridized carbons (Fsp3) is 0.500. The van der Waals surface area contributed by atoms with Crippen molar-refractivity contribution in [2.75, 3.05) is 18.4 Å². The number of hydrogen-bond donors (Lipinski definition) is 2. The van der Waals surface area contributed by atoms with E-state index in [9.17, 15) is 18.7 Å². The number of urea groups is 1. The molecular weight excluding hydrogens is 266 g/mol. The molecule has 3 atom stereocenters. The predicted octanol–water partition coefficient (Wildman–Crippen LogP) is 2.20. The summed E-state index contributed by atoms with van der Waals surface area (Å²) in [6, 6.07) is 2.63. The lowest BCUT2D eigenvalue weighted by atomic mass is 10.00. The van der Waals surface area contributed by atoms with Crippen LogP contribution in [0, 0.1) is 23.5 Å². The van der Waals surface area contributed by atoms with Gasteiger partial charge in [0.25, 0.3) is 0 Å². The molecule has 0 aromatic heterocycles. The van der Waals surface area contributed by atoms with Gasteiger partial charge in [-0.1, -0.05) is 0 Å². The fourth-order valence-electron chi connectivity index (χ4n) is 3.19. The molecular formula is C14H16F2N2O2. The van der Waals surface area contributed by atoms with Crippen LogP contribution in [0.15, 0.2) is 18.2 Å². The van der Waals surface area contributed by atoms with Crippen molar-refractivity contribution in [2.45, 2.75) is 18.9 Å². The van der Waals surface area contributed by atoms with Crippen molar-refractivity contribution in [3.63, 3.8) is 0 Å². The average molecular weight is 282 g/mol. The van der Waals surface area contributed by atoms with Gasteiger partial charge in [0.2, 0.25) is 0 Å². The van der Waals surface area contributed by atoms with Crippen LogP contribution < -0.4 is 5.32 Å². The van der Waals surface area contributed by atoms with Gasteiger partial charge < -0.3 is 15.3 Å². The highest BCUT2D eigenvalue weighted by Crippen LogP contribution is 2.38. The second-order valence-corrected chi connectivity index (χ2v) is 5.53. The van der Waals surface area contributed by atoms with E-state index in [1.807, 2.05) is 0 Å². The minimum absolute atomic E-state index is 0.0333. The van der Waals surface area contributed by atoms with Crippen LogP contribution >= 0.6 is 0 Å². The average Bonchev–Trinajstić information content (AvgIpc) is 2.96. The molecule has 2 N–H and O–H groups in total. The van der Waals surface area contributed by atoms with Gasteiger partial charge in [0.15, 0.2) is 0 Å². The Morgan fingerprint density at radius 3 is 2.80 bits per heavy atom. The molecule has 2 aliphatic rings. The quantitative estimate of drug-likeness (QED) is 0.829. The number of rotatable bonds is 1. The first-order valence-electron chi connectivity index (χ1n) is 6.73. The highest BCUT2D eigenvalue weighted by Gasteiger charge is 2.43. The topological polar surface area (TPSA) is 52.6 Å². The van der Waals surface area contributed by atoms with Gasteiger partial charge in [-0.05, 0) is 30.9 Å². The van der Waals surface area contributed by atoms with E-state index in [-0.39, 0.29) is 17.7 Å². The van der Waals surface area contributed by atoms with Gasteiger partial charge in [-0.15, -0.1) is 0 Å². The summed E-state index contributed by atoms with van der Waals surface area (Å²) in [6.07, 6.45) is 1.36. The van der Waals surface area contributed by atoms with Gasteiger partial charge in [0.1, 0.15) is 11.6 Å². The van der Waals surface area contributed by atoms with Crippen molar-refractivity contribution >= 4 is 11.7 Å². The van der Waals surface area contributed by atoms with Crippen LogP contribution in [-0.4, -0.2) is 35.2 Å². The third-order valence-corrected chi connectivity index (χ3v) is 4.28. The first-order valence-corrected chi connectivity index (χ1v) is 6.73. The second-order valence-electron chi connectivity index (χ2n) is 5.53. The standard InChI is InChI=1S/C14H16F2N2O2/c15-9-2-3-12(11(16)5-9)17-14(20)18-6-8-1-4-13(19)10(8)7-18/h2-3,5,8,10,13,19H,1,4,6-7H2,(H,17,20). The zero-order valence-electron chi connectivity index (χ0n) is 10.9. The molecule has 1 saturated carbocycles. The lowest BCUT2D eigenvalue weighted by Gasteiger charge is -2.19. The number of anilines is 1. The molecule has 108 valence electrons. The Morgan fingerprint density at radius 2 is 2.10 bits per heavy atom. The minimum Gasteiger partial charge on any atom is -0.393 e. The van der Waals surface area contributed by atoms with Gasteiger partial charge in [0.05, 0.1) is 11.8 Å². The van der Waals surface area contributed by atoms with E-state index >= 15 is 0 Å². The number of nitrogens with zero attached hydrogens (tertiary/aromatic N) is 1. The van der Waals surface area contributed by atoms with E-state index in [1.165, 1.54) is 6.07 Å². The van der Waals surface area contributed by atoms with Gasteiger partial charge in [-0.3, -0.25) is 0 Å². The predicted molar refractivity (Wildman–Crippen MR) is 69.2 cm³/mol. The molecule has 3 unspecified atom stereocenters. The largest absolute Gasteiger partial charge is 0.393 e. The van der Waals surface area contributed by atoms with Crippen LogP contribution in [0.4, 0.5) is 19.3 Å². The second kappa shape index (κ2) is 5.01. The Labute approximate surface area is 115 Å². The SMILES string of the molecule is O=C(Nc1ccc(F)cc1F)N1CC2CCC(O)C2C1. The van der Waals surface area contributed by atoms with Crippen LogP contribution in [0.1, 0.15) is 12.8 Å². The molecule has 1 aliphatic carbocycles. The van der Waals surface area contributed by atoms with Gasteiger partial charge in [-0.25, -0.2) is 13.6 Å². The molecule has 4 nitrogen and oxygen atoms in total. The normalized spacial score (nSPS) is 28.6. The van der Waals surface area contributed by atoms with Gasteiger partial charge in [-0.2, -0.15) is 0 Å². The van der Waals surface area contributed by atoms with Crippen LogP contribution in [0.2, 0.25) is 0 Å². The monoisotopic (exact) mass is 282 g/mol. The minimum atomic E-state index is -0.794. The molecule has 0 spiro atoms. The smallest absolute Gasteiger partial charge is 0.321 e. The lowest BCUT2D eigenvalue weighted by Crippen LogP contribution is -2.34. The molecule has 1 aliphatic heterocycles. The lowest BCUT2D eigenvalue weighted by molar-refractivity contribution is 0.127. The van der Waals surface area contributed by atoms with Crippen molar-refractivity contribution in [1.82, 2.24) is 4.90 Å². The number of carbonyl (C=O) groups is 1. The Balaban J connectivity index is 1.66. The van der Waals surface area contributed by atoms with Crippen molar-refractivity contribution in [3.05, 3.63) is 29.8 Å². The van der Waals surface area contributed by atoms with E-state index in [4.69, 9.17) is 0 Å². The molecule has 1 saturated heterocycles. The van der Waals surface area contributed by atoms with Crippen LogP contribution in [-0.2, 0) is 0 Å². The molecule has 0 radical (unpaired) electrons. The molecule has 3 rings (SSSR count). The van der Waals surface area contributed by atoms with E-state index in [1.54, 1.807) is 4.90 Å². The number of nitrogens with one attached hydrogen (secondary N) is 1.